The maximum absolute atomic E-state index is 12.8. The average Bonchev–Trinajstić information content (AvgIpc) is 3.27. The van der Waals surface area contributed by atoms with Gasteiger partial charge in [0, 0.05) is 42.4 Å². The molecular formula is C27H25BrClN5O. The maximum atomic E-state index is 12.8. The molecule has 178 valence electrons. The van der Waals surface area contributed by atoms with Crippen molar-refractivity contribution >= 4 is 51.0 Å². The van der Waals surface area contributed by atoms with E-state index in [4.69, 9.17) is 16.6 Å². The van der Waals surface area contributed by atoms with Gasteiger partial charge in [0.1, 0.15) is 5.82 Å². The first-order valence-electron chi connectivity index (χ1n) is 11.6. The van der Waals surface area contributed by atoms with E-state index in [9.17, 15) is 4.79 Å². The van der Waals surface area contributed by atoms with E-state index in [0.717, 1.165) is 65.2 Å². The molecule has 0 spiro atoms. The molecule has 2 aromatic heterocycles. The Morgan fingerprint density at radius 2 is 1.97 bits per heavy atom. The first-order valence-corrected chi connectivity index (χ1v) is 12.8. The van der Waals surface area contributed by atoms with Crippen molar-refractivity contribution in [2.45, 2.75) is 12.8 Å². The Morgan fingerprint density at radius 1 is 1.17 bits per heavy atom. The molecule has 0 aliphatic carbocycles. The highest BCUT2D eigenvalue weighted by molar-refractivity contribution is 9.10. The molecule has 1 N–H and O–H groups in total. The van der Waals surface area contributed by atoms with Gasteiger partial charge < -0.3 is 10.2 Å². The van der Waals surface area contributed by atoms with Crippen molar-refractivity contribution in [2.24, 2.45) is 5.92 Å². The molecule has 4 aromatic rings. The van der Waals surface area contributed by atoms with Crippen LogP contribution in [0.3, 0.4) is 0 Å². The summed E-state index contributed by atoms with van der Waals surface area (Å²) >= 11 is 10.00. The highest BCUT2D eigenvalue weighted by atomic mass is 79.9. The second-order valence-electron chi connectivity index (χ2n) is 8.65. The summed E-state index contributed by atoms with van der Waals surface area (Å²) in [5, 5.41) is 8.68. The van der Waals surface area contributed by atoms with E-state index in [1.807, 2.05) is 71.6 Å². The third-order valence-corrected chi connectivity index (χ3v) is 7.09. The van der Waals surface area contributed by atoms with E-state index in [2.05, 4.69) is 26.3 Å². The fourth-order valence-corrected chi connectivity index (χ4v) is 4.97. The largest absolute Gasteiger partial charge is 0.370 e. The third kappa shape index (κ3) is 5.41. The number of anilines is 1. The smallest absolute Gasteiger partial charge is 0.246 e. The monoisotopic (exact) mass is 549 g/mol. The highest BCUT2D eigenvalue weighted by Crippen LogP contribution is 2.30. The molecule has 0 radical (unpaired) electrons. The van der Waals surface area contributed by atoms with Gasteiger partial charge in [-0.2, -0.15) is 9.61 Å². The number of fused-ring (bicyclic) bond motifs is 1. The molecular weight excluding hydrogens is 526 g/mol. The van der Waals surface area contributed by atoms with Crippen LogP contribution in [-0.2, 0) is 4.79 Å². The van der Waals surface area contributed by atoms with Crippen LogP contribution < -0.4 is 5.32 Å². The molecule has 3 heterocycles. The van der Waals surface area contributed by atoms with Gasteiger partial charge in [0.2, 0.25) is 5.91 Å². The Balaban J connectivity index is 1.30. The second-order valence-corrected chi connectivity index (χ2v) is 9.91. The minimum Gasteiger partial charge on any atom is -0.370 e. The predicted octanol–water partition coefficient (Wildman–Crippen LogP) is 6.18. The van der Waals surface area contributed by atoms with E-state index in [0.29, 0.717) is 10.9 Å². The van der Waals surface area contributed by atoms with Crippen LogP contribution in [0.2, 0.25) is 5.02 Å². The standard InChI is InChI=1S/C27H25BrClN5O/c28-22-17-31-34-25(15-24(32-27(22)34)21-10-4-5-11-23(21)29)30-16-20-9-6-14-33(18-20)26(35)13-12-19-7-2-1-3-8-19/h1-5,7-8,10-13,15,17,20,30H,6,9,14,16,18H2. The number of likely N-dealkylation sites (tertiary alicyclic amines) is 1. The Hall–Kier alpha value is -3.16. The van der Waals surface area contributed by atoms with Crippen molar-refractivity contribution in [3.8, 4) is 11.3 Å². The predicted molar refractivity (Wildman–Crippen MR) is 144 cm³/mol. The summed E-state index contributed by atoms with van der Waals surface area (Å²) in [7, 11) is 0. The van der Waals surface area contributed by atoms with Gasteiger partial charge in [-0.05, 0) is 52.4 Å². The van der Waals surface area contributed by atoms with Gasteiger partial charge in [0.25, 0.3) is 0 Å². The lowest BCUT2D eigenvalue weighted by Gasteiger charge is -2.32. The summed E-state index contributed by atoms with van der Waals surface area (Å²) < 4.78 is 2.60. The van der Waals surface area contributed by atoms with Crippen LogP contribution in [0.5, 0.6) is 0 Å². The van der Waals surface area contributed by atoms with Crippen LogP contribution in [0.1, 0.15) is 18.4 Å². The van der Waals surface area contributed by atoms with Crippen LogP contribution in [0.4, 0.5) is 5.82 Å². The van der Waals surface area contributed by atoms with E-state index in [1.54, 1.807) is 16.8 Å². The molecule has 0 saturated carbocycles. The number of halogens is 2. The fourth-order valence-electron chi connectivity index (χ4n) is 4.39. The highest BCUT2D eigenvalue weighted by Gasteiger charge is 2.23. The Kier molecular flexibility index (Phi) is 7.16. The van der Waals surface area contributed by atoms with Crippen LogP contribution in [0.15, 0.2) is 77.4 Å². The van der Waals surface area contributed by atoms with Crippen molar-refractivity contribution in [1.82, 2.24) is 19.5 Å². The molecule has 6 nitrogen and oxygen atoms in total. The van der Waals surface area contributed by atoms with Crippen molar-refractivity contribution in [3.63, 3.8) is 0 Å². The third-order valence-electron chi connectivity index (χ3n) is 6.20. The molecule has 2 aromatic carbocycles. The number of aromatic nitrogens is 3. The van der Waals surface area contributed by atoms with Crippen molar-refractivity contribution < 1.29 is 4.79 Å². The zero-order chi connectivity index (χ0) is 24.2. The maximum Gasteiger partial charge on any atom is 0.246 e. The van der Waals surface area contributed by atoms with Crippen molar-refractivity contribution in [1.29, 1.82) is 0 Å². The molecule has 1 unspecified atom stereocenters. The molecule has 1 amide bonds. The molecule has 0 bridgehead atoms. The van der Waals surface area contributed by atoms with Crippen LogP contribution in [-0.4, -0.2) is 45.0 Å². The zero-order valence-corrected chi connectivity index (χ0v) is 21.4. The fraction of sp³-hybridized carbons (Fsp3) is 0.222. The summed E-state index contributed by atoms with van der Waals surface area (Å²) in [4.78, 5) is 19.5. The molecule has 1 atom stereocenters. The average molecular weight is 551 g/mol. The SMILES string of the molecule is O=C(C=Cc1ccccc1)N1CCCC(CNc2cc(-c3ccccc3Cl)nc3c(Br)cnn23)C1. The topological polar surface area (TPSA) is 62.5 Å². The van der Waals surface area contributed by atoms with E-state index < -0.39 is 0 Å². The number of hydrogen-bond donors (Lipinski definition) is 1. The lowest BCUT2D eigenvalue weighted by Crippen LogP contribution is -2.41. The molecule has 8 heteroatoms. The van der Waals surface area contributed by atoms with Crippen molar-refractivity contribution in [2.75, 3.05) is 25.0 Å². The number of rotatable bonds is 6. The minimum atomic E-state index is 0.0573. The van der Waals surface area contributed by atoms with Gasteiger partial charge in [-0.15, -0.1) is 0 Å². The lowest BCUT2D eigenvalue weighted by molar-refractivity contribution is -0.127. The number of nitrogens with one attached hydrogen (secondary N) is 1. The molecule has 1 saturated heterocycles. The summed E-state index contributed by atoms with van der Waals surface area (Å²) in [6, 6.07) is 19.5. The van der Waals surface area contributed by atoms with E-state index in [-0.39, 0.29) is 5.91 Å². The number of benzene rings is 2. The van der Waals surface area contributed by atoms with Crippen LogP contribution in [0, 0.1) is 5.92 Å². The van der Waals surface area contributed by atoms with Crippen LogP contribution >= 0.6 is 27.5 Å². The lowest BCUT2D eigenvalue weighted by atomic mass is 9.98. The van der Waals surface area contributed by atoms with Gasteiger partial charge >= 0.3 is 0 Å². The Morgan fingerprint density at radius 3 is 2.80 bits per heavy atom. The quantitative estimate of drug-likeness (QED) is 0.291. The molecule has 1 fully saturated rings. The van der Waals surface area contributed by atoms with Crippen LogP contribution in [0.25, 0.3) is 23.0 Å². The minimum absolute atomic E-state index is 0.0573. The van der Waals surface area contributed by atoms with Gasteiger partial charge in [0.15, 0.2) is 5.65 Å². The molecule has 1 aliphatic heterocycles. The van der Waals surface area contributed by atoms with E-state index in [1.165, 1.54) is 0 Å². The summed E-state index contributed by atoms with van der Waals surface area (Å²) in [5.41, 5.74) is 3.39. The summed E-state index contributed by atoms with van der Waals surface area (Å²) in [6.07, 6.45) is 7.34. The van der Waals surface area contributed by atoms with Crippen molar-refractivity contribution in [3.05, 3.63) is 88.0 Å². The summed E-state index contributed by atoms with van der Waals surface area (Å²) in [6.45, 7) is 2.24. The normalized spacial score (nSPS) is 16.2. The first-order chi connectivity index (χ1) is 17.1. The second kappa shape index (κ2) is 10.6. The first kappa shape index (κ1) is 23.6. The summed E-state index contributed by atoms with van der Waals surface area (Å²) in [5.74, 6) is 1.23. The Bertz CT molecular complexity index is 1370. The molecule has 1 aliphatic rings. The zero-order valence-electron chi connectivity index (χ0n) is 19.1. The van der Waals surface area contributed by atoms with E-state index >= 15 is 0 Å². The molecule has 35 heavy (non-hydrogen) atoms. The van der Waals surface area contributed by atoms with Gasteiger partial charge in [0.05, 0.1) is 16.4 Å². The number of nitrogens with zero attached hydrogens (tertiary/aromatic N) is 4. The van der Waals surface area contributed by atoms with Gasteiger partial charge in [-0.1, -0.05) is 60.1 Å². The van der Waals surface area contributed by atoms with Gasteiger partial charge in [-0.25, -0.2) is 4.98 Å². The number of carbonyl (C=O) groups is 1. The number of piperidine rings is 1. The van der Waals surface area contributed by atoms with Gasteiger partial charge in [-0.3, -0.25) is 4.79 Å². The molecule has 5 rings (SSSR count). The number of hydrogen-bond acceptors (Lipinski definition) is 4. The number of amides is 1. The number of carbonyl (C=O) groups excluding carboxylic acids is 1. The Labute approximate surface area is 217 Å².